The summed E-state index contributed by atoms with van der Waals surface area (Å²) in [6.07, 6.45) is 1.78. The smallest absolute Gasteiger partial charge is 0.274 e. The predicted molar refractivity (Wildman–Crippen MR) is 94.0 cm³/mol. The van der Waals surface area contributed by atoms with Crippen LogP contribution in [-0.2, 0) is 0 Å². The number of carbonyl (C=O) groups is 1. The normalized spacial score (nSPS) is 10.6. The number of fused-ring (bicyclic) bond motifs is 1. The number of benzene rings is 1. The third-order valence-corrected chi connectivity index (χ3v) is 3.88. The Kier molecular flexibility index (Phi) is 4.47. The quantitative estimate of drug-likeness (QED) is 0.772. The van der Waals surface area contributed by atoms with Crippen LogP contribution in [0.15, 0.2) is 36.5 Å². The average Bonchev–Trinajstić information content (AvgIpc) is 2.97. The first kappa shape index (κ1) is 16.6. The first-order valence-corrected chi connectivity index (χ1v) is 7.64. The summed E-state index contributed by atoms with van der Waals surface area (Å²) in [6.45, 7) is 1.78. The lowest BCUT2D eigenvalue weighted by Crippen LogP contribution is -2.16. The second kappa shape index (κ2) is 6.72. The number of methoxy groups -OCH3 is 3. The summed E-state index contributed by atoms with van der Waals surface area (Å²) in [5.74, 6) is 1.47. The highest BCUT2D eigenvalue weighted by atomic mass is 16.5. The van der Waals surface area contributed by atoms with E-state index >= 15 is 0 Å². The number of aryl methyl sites for hydroxylation is 1. The highest BCUT2D eigenvalue weighted by molar-refractivity contribution is 6.05. The number of carbonyl (C=O) groups excluding carboxylic acids is 1. The molecule has 2 heterocycles. The molecule has 2 aromatic heterocycles. The Labute approximate surface area is 145 Å². The van der Waals surface area contributed by atoms with E-state index in [0.29, 0.717) is 40.0 Å². The van der Waals surface area contributed by atoms with Crippen molar-refractivity contribution < 1.29 is 19.0 Å². The van der Waals surface area contributed by atoms with Crippen LogP contribution in [0.4, 0.5) is 5.69 Å². The average molecular weight is 341 g/mol. The van der Waals surface area contributed by atoms with E-state index in [-0.39, 0.29) is 5.91 Å². The van der Waals surface area contributed by atoms with Gasteiger partial charge in [-0.1, -0.05) is 0 Å². The number of rotatable bonds is 5. The van der Waals surface area contributed by atoms with Crippen molar-refractivity contribution in [1.29, 1.82) is 0 Å². The van der Waals surface area contributed by atoms with Gasteiger partial charge >= 0.3 is 0 Å². The van der Waals surface area contributed by atoms with E-state index in [1.54, 1.807) is 62.1 Å². The van der Waals surface area contributed by atoms with Crippen molar-refractivity contribution in [2.24, 2.45) is 0 Å². The first-order chi connectivity index (χ1) is 12.1. The summed E-state index contributed by atoms with van der Waals surface area (Å²) < 4.78 is 17.5. The number of aromatic nitrogens is 2. The molecule has 1 N–H and O–H groups in total. The van der Waals surface area contributed by atoms with Crippen LogP contribution in [0.25, 0.3) is 5.65 Å². The van der Waals surface area contributed by atoms with Crippen molar-refractivity contribution in [3.05, 3.63) is 47.9 Å². The van der Waals surface area contributed by atoms with Gasteiger partial charge in [0.2, 0.25) is 0 Å². The number of hydrogen-bond acceptors (Lipinski definition) is 5. The van der Waals surface area contributed by atoms with Crippen LogP contribution in [0.1, 0.15) is 16.2 Å². The number of pyridine rings is 1. The number of nitrogens with one attached hydrogen (secondary N) is 1. The summed E-state index contributed by atoms with van der Waals surface area (Å²) in [4.78, 5) is 17.3. The van der Waals surface area contributed by atoms with E-state index in [4.69, 9.17) is 14.2 Å². The zero-order chi connectivity index (χ0) is 18.0. The predicted octanol–water partition coefficient (Wildman–Crippen LogP) is 2.92. The van der Waals surface area contributed by atoms with Crippen molar-refractivity contribution in [3.8, 4) is 17.2 Å². The Hall–Kier alpha value is -3.22. The molecule has 25 heavy (non-hydrogen) atoms. The summed E-state index contributed by atoms with van der Waals surface area (Å²) in [5, 5.41) is 2.86. The minimum atomic E-state index is -0.290. The minimum Gasteiger partial charge on any atom is -0.497 e. The Morgan fingerprint density at radius 1 is 1.08 bits per heavy atom. The SMILES string of the molecule is COc1ccc(NC(=O)c2c(C)nc3c(OC)cccn23)c(OC)c1. The van der Waals surface area contributed by atoms with Crippen LogP contribution >= 0.6 is 0 Å². The van der Waals surface area contributed by atoms with Gasteiger partial charge < -0.3 is 19.5 Å². The molecular formula is C18H19N3O4. The highest BCUT2D eigenvalue weighted by Crippen LogP contribution is 2.30. The fourth-order valence-corrected chi connectivity index (χ4v) is 2.67. The molecule has 0 bridgehead atoms. The van der Waals surface area contributed by atoms with E-state index in [1.165, 1.54) is 7.11 Å². The molecule has 7 heteroatoms. The Bertz CT molecular complexity index is 933. The van der Waals surface area contributed by atoms with E-state index in [1.807, 2.05) is 0 Å². The van der Waals surface area contributed by atoms with Gasteiger partial charge in [0.05, 0.1) is 32.7 Å². The molecule has 0 aliphatic carbocycles. The fraction of sp³-hybridized carbons (Fsp3) is 0.222. The molecule has 1 aromatic carbocycles. The monoisotopic (exact) mass is 341 g/mol. The number of nitrogens with zero attached hydrogens (tertiary/aromatic N) is 2. The van der Waals surface area contributed by atoms with Crippen LogP contribution in [0, 0.1) is 6.92 Å². The number of imidazole rings is 1. The molecule has 0 fully saturated rings. The zero-order valence-corrected chi connectivity index (χ0v) is 14.5. The molecule has 0 atom stereocenters. The first-order valence-electron chi connectivity index (χ1n) is 7.64. The standard InChI is InChI=1S/C18H19N3O4/c1-11-16(21-9-5-6-14(24-3)17(21)19-11)18(22)20-13-8-7-12(23-2)10-15(13)25-4/h5-10H,1-4H3,(H,20,22). The lowest BCUT2D eigenvalue weighted by Gasteiger charge is -2.12. The second-order valence-electron chi connectivity index (χ2n) is 5.34. The molecule has 1 amide bonds. The topological polar surface area (TPSA) is 74.1 Å². The summed E-state index contributed by atoms with van der Waals surface area (Å²) >= 11 is 0. The Balaban J connectivity index is 2.00. The molecule has 0 aliphatic rings. The van der Waals surface area contributed by atoms with E-state index in [0.717, 1.165) is 0 Å². The third-order valence-electron chi connectivity index (χ3n) is 3.88. The molecule has 3 aromatic rings. The van der Waals surface area contributed by atoms with Gasteiger partial charge in [-0.15, -0.1) is 0 Å². The van der Waals surface area contributed by atoms with Crippen molar-refractivity contribution in [2.75, 3.05) is 26.6 Å². The van der Waals surface area contributed by atoms with Crippen molar-refractivity contribution in [2.45, 2.75) is 6.92 Å². The van der Waals surface area contributed by atoms with Crippen molar-refractivity contribution in [3.63, 3.8) is 0 Å². The molecule has 3 rings (SSSR count). The molecule has 0 radical (unpaired) electrons. The maximum atomic E-state index is 12.8. The highest BCUT2D eigenvalue weighted by Gasteiger charge is 2.20. The van der Waals surface area contributed by atoms with Crippen LogP contribution in [0.3, 0.4) is 0 Å². The van der Waals surface area contributed by atoms with Crippen LogP contribution < -0.4 is 19.5 Å². The maximum absolute atomic E-state index is 12.8. The molecule has 0 spiro atoms. The molecule has 0 saturated carbocycles. The molecule has 130 valence electrons. The fourth-order valence-electron chi connectivity index (χ4n) is 2.67. The minimum absolute atomic E-state index is 0.290. The van der Waals surface area contributed by atoms with Gasteiger partial charge in [0.15, 0.2) is 11.4 Å². The maximum Gasteiger partial charge on any atom is 0.274 e. The number of amides is 1. The summed E-state index contributed by atoms with van der Waals surface area (Å²) in [7, 11) is 4.68. The second-order valence-corrected chi connectivity index (χ2v) is 5.34. The lowest BCUT2D eigenvalue weighted by atomic mass is 10.2. The number of anilines is 1. The van der Waals surface area contributed by atoms with Crippen LogP contribution in [0.5, 0.6) is 17.2 Å². The number of hydrogen-bond donors (Lipinski definition) is 1. The summed E-state index contributed by atoms with van der Waals surface area (Å²) in [5.41, 5.74) is 2.18. The van der Waals surface area contributed by atoms with Crippen molar-refractivity contribution in [1.82, 2.24) is 9.38 Å². The molecular weight excluding hydrogens is 322 g/mol. The molecule has 7 nitrogen and oxygen atoms in total. The molecule has 0 aliphatic heterocycles. The van der Waals surface area contributed by atoms with Crippen molar-refractivity contribution >= 4 is 17.2 Å². The number of ether oxygens (including phenoxy) is 3. The van der Waals surface area contributed by atoms with E-state index in [2.05, 4.69) is 10.3 Å². The molecule has 0 saturated heterocycles. The van der Waals surface area contributed by atoms with Crippen LogP contribution in [0.2, 0.25) is 0 Å². The van der Waals surface area contributed by atoms with Gasteiger partial charge in [-0.25, -0.2) is 4.98 Å². The van der Waals surface area contributed by atoms with Gasteiger partial charge in [0.1, 0.15) is 17.2 Å². The Morgan fingerprint density at radius 2 is 1.84 bits per heavy atom. The Morgan fingerprint density at radius 3 is 2.52 bits per heavy atom. The largest absolute Gasteiger partial charge is 0.497 e. The lowest BCUT2D eigenvalue weighted by molar-refractivity contribution is 0.102. The van der Waals surface area contributed by atoms with Crippen LogP contribution in [-0.4, -0.2) is 36.6 Å². The molecule has 0 unspecified atom stereocenters. The van der Waals surface area contributed by atoms with Gasteiger partial charge in [0, 0.05) is 12.3 Å². The summed E-state index contributed by atoms with van der Waals surface area (Å²) in [6, 6.07) is 8.80. The van der Waals surface area contributed by atoms with Gasteiger partial charge in [0.25, 0.3) is 5.91 Å². The van der Waals surface area contributed by atoms with Gasteiger partial charge in [-0.05, 0) is 31.2 Å². The van der Waals surface area contributed by atoms with Gasteiger partial charge in [-0.2, -0.15) is 0 Å². The third kappa shape index (κ3) is 2.96. The van der Waals surface area contributed by atoms with E-state index in [9.17, 15) is 4.79 Å². The zero-order valence-electron chi connectivity index (χ0n) is 14.5. The van der Waals surface area contributed by atoms with E-state index < -0.39 is 0 Å². The van der Waals surface area contributed by atoms with Gasteiger partial charge in [-0.3, -0.25) is 9.20 Å².